The van der Waals surface area contributed by atoms with Gasteiger partial charge in [0.15, 0.2) is 0 Å². The molecule has 144 valence electrons. The highest BCUT2D eigenvalue weighted by atomic mass is 19.1. The number of ether oxygens (including phenoxy) is 1. The van der Waals surface area contributed by atoms with Crippen molar-refractivity contribution >= 4 is 12.2 Å². The first-order valence-electron chi connectivity index (χ1n) is 9.47. The van der Waals surface area contributed by atoms with E-state index in [0.29, 0.717) is 35.5 Å². The number of carbonyl (C=O) groups is 2. The van der Waals surface area contributed by atoms with E-state index in [0.717, 1.165) is 25.5 Å². The van der Waals surface area contributed by atoms with Crippen molar-refractivity contribution in [1.29, 1.82) is 0 Å². The van der Waals surface area contributed by atoms with E-state index in [1.54, 1.807) is 36.4 Å². The van der Waals surface area contributed by atoms with E-state index >= 15 is 0 Å². The number of carbonyl (C=O) groups excluding carboxylic acids is 2. The first-order valence-corrected chi connectivity index (χ1v) is 9.47. The van der Waals surface area contributed by atoms with Crippen molar-refractivity contribution in [2.45, 2.75) is 45.6 Å². The van der Waals surface area contributed by atoms with Crippen LogP contribution in [0.3, 0.4) is 0 Å². The molecule has 0 saturated carbocycles. The Balaban J connectivity index is 0.00000126. The molecule has 2 aromatic carbocycles. The zero-order chi connectivity index (χ0) is 19.6. The molecule has 1 amide bonds. The number of amides is 1. The highest BCUT2D eigenvalue weighted by molar-refractivity contribution is 6.02. The van der Waals surface area contributed by atoms with Gasteiger partial charge in [-0.25, -0.2) is 4.39 Å². The SMILES string of the molecule is CC.O=CC1CCCCCOc2ccc(F)c(c2)-c2ccccc2C(=O)N1. The molecule has 0 aromatic heterocycles. The molecule has 2 aromatic rings. The summed E-state index contributed by atoms with van der Waals surface area (Å²) in [5.41, 5.74) is 1.12. The molecule has 2 bridgehead atoms. The topological polar surface area (TPSA) is 55.4 Å². The summed E-state index contributed by atoms with van der Waals surface area (Å²) in [4.78, 5) is 23.9. The molecule has 1 aliphatic rings. The van der Waals surface area contributed by atoms with Gasteiger partial charge in [0.1, 0.15) is 17.9 Å². The van der Waals surface area contributed by atoms with Crippen LogP contribution in [0.5, 0.6) is 5.75 Å². The van der Waals surface area contributed by atoms with Gasteiger partial charge in [0.25, 0.3) is 5.91 Å². The minimum atomic E-state index is -0.541. The fraction of sp³-hybridized carbons (Fsp3) is 0.364. The predicted octanol–water partition coefficient (Wildman–Crippen LogP) is 4.77. The van der Waals surface area contributed by atoms with Gasteiger partial charge in [0.2, 0.25) is 0 Å². The number of hydrogen-bond acceptors (Lipinski definition) is 3. The van der Waals surface area contributed by atoms with Gasteiger partial charge < -0.3 is 14.8 Å². The van der Waals surface area contributed by atoms with Crippen molar-refractivity contribution in [3.63, 3.8) is 0 Å². The molecule has 1 aliphatic heterocycles. The number of halogens is 1. The van der Waals surface area contributed by atoms with Crippen LogP contribution in [0.25, 0.3) is 11.1 Å². The second kappa shape index (κ2) is 10.5. The number of nitrogens with one attached hydrogen (secondary N) is 1. The number of rotatable bonds is 1. The summed E-state index contributed by atoms with van der Waals surface area (Å²) in [6.45, 7) is 4.53. The minimum Gasteiger partial charge on any atom is -0.494 e. The van der Waals surface area contributed by atoms with Gasteiger partial charge >= 0.3 is 0 Å². The van der Waals surface area contributed by atoms with Crippen molar-refractivity contribution in [3.8, 4) is 16.9 Å². The predicted molar refractivity (Wildman–Crippen MR) is 104 cm³/mol. The van der Waals surface area contributed by atoms with Crippen LogP contribution in [0.15, 0.2) is 42.5 Å². The van der Waals surface area contributed by atoms with E-state index in [2.05, 4.69) is 5.32 Å². The highest BCUT2D eigenvalue weighted by Crippen LogP contribution is 2.30. The van der Waals surface area contributed by atoms with Gasteiger partial charge in [-0.15, -0.1) is 0 Å². The molecule has 0 fully saturated rings. The number of hydrogen-bond donors (Lipinski definition) is 1. The maximum absolute atomic E-state index is 14.4. The summed E-state index contributed by atoms with van der Waals surface area (Å²) in [5, 5.41) is 2.74. The molecule has 0 aliphatic carbocycles. The maximum atomic E-state index is 14.4. The zero-order valence-corrected chi connectivity index (χ0v) is 15.8. The molecule has 1 atom stereocenters. The average molecular weight is 371 g/mol. The summed E-state index contributed by atoms with van der Waals surface area (Å²) in [7, 11) is 0. The van der Waals surface area contributed by atoms with Crippen molar-refractivity contribution in [3.05, 3.63) is 53.8 Å². The van der Waals surface area contributed by atoms with Gasteiger partial charge in [-0.05, 0) is 49.1 Å². The molecule has 5 heteroatoms. The van der Waals surface area contributed by atoms with Crippen molar-refractivity contribution in [1.82, 2.24) is 5.32 Å². The van der Waals surface area contributed by atoms with E-state index in [-0.39, 0.29) is 5.91 Å². The molecule has 4 nitrogen and oxygen atoms in total. The molecule has 3 rings (SSSR count). The molecule has 1 heterocycles. The fourth-order valence-corrected chi connectivity index (χ4v) is 2.97. The summed E-state index contributed by atoms with van der Waals surface area (Å²) in [6, 6.07) is 10.8. The quantitative estimate of drug-likeness (QED) is 0.735. The Labute approximate surface area is 159 Å². The number of benzene rings is 2. The standard InChI is InChI=1S/C20H20FNO3.C2H6/c21-19-10-9-15-12-18(19)16-7-3-4-8-17(16)20(24)22-14(13-23)6-2-1-5-11-25-15;1-2/h3-4,7-10,12-14H,1-2,5-6,11H2,(H,22,24);1-2H3. The Morgan fingerprint density at radius 1 is 1.04 bits per heavy atom. The van der Waals surface area contributed by atoms with Crippen LogP contribution in [0.2, 0.25) is 0 Å². The monoisotopic (exact) mass is 371 g/mol. The van der Waals surface area contributed by atoms with Gasteiger partial charge in [-0.3, -0.25) is 4.79 Å². The minimum absolute atomic E-state index is 0.308. The van der Waals surface area contributed by atoms with Gasteiger partial charge in [-0.2, -0.15) is 0 Å². The largest absolute Gasteiger partial charge is 0.494 e. The smallest absolute Gasteiger partial charge is 0.252 e. The lowest BCUT2D eigenvalue weighted by Gasteiger charge is -2.17. The van der Waals surface area contributed by atoms with E-state index in [1.807, 2.05) is 13.8 Å². The second-order valence-electron chi connectivity index (χ2n) is 6.10. The summed E-state index contributed by atoms with van der Waals surface area (Å²) in [6.07, 6.45) is 3.89. The molecular formula is C22H26FNO3. The van der Waals surface area contributed by atoms with Gasteiger partial charge in [-0.1, -0.05) is 38.5 Å². The Kier molecular flexibility index (Phi) is 7.99. The maximum Gasteiger partial charge on any atom is 0.252 e. The average Bonchev–Trinajstić information content (AvgIpc) is 2.71. The van der Waals surface area contributed by atoms with Crippen molar-refractivity contribution < 1.29 is 18.7 Å². The van der Waals surface area contributed by atoms with Crippen LogP contribution in [0.4, 0.5) is 4.39 Å². The third-order valence-corrected chi connectivity index (χ3v) is 4.31. The Hall–Kier alpha value is -2.69. The molecular weight excluding hydrogens is 345 g/mol. The van der Waals surface area contributed by atoms with Crippen LogP contribution in [-0.2, 0) is 4.79 Å². The lowest BCUT2D eigenvalue weighted by atomic mass is 9.98. The Morgan fingerprint density at radius 3 is 2.52 bits per heavy atom. The van der Waals surface area contributed by atoms with Crippen LogP contribution >= 0.6 is 0 Å². The zero-order valence-electron chi connectivity index (χ0n) is 15.8. The van der Waals surface area contributed by atoms with Gasteiger partial charge in [0, 0.05) is 11.1 Å². The summed E-state index contributed by atoms with van der Waals surface area (Å²) in [5.74, 6) is -0.225. The first-order chi connectivity index (χ1) is 13.2. The van der Waals surface area contributed by atoms with E-state index < -0.39 is 11.9 Å². The summed E-state index contributed by atoms with van der Waals surface area (Å²) < 4.78 is 20.1. The lowest BCUT2D eigenvalue weighted by molar-refractivity contribution is -0.109. The van der Waals surface area contributed by atoms with Crippen LogP contribution in [0.1, 0.15) is 49.9 Å². The molecule has 0 radical (unpaired) electrons. The first kappa shape index (κ1) is 20.6. The molecule has 1 N–H and O–H groups in total. The molecule has 0 spiro atoms. The molecule has 27 heavy (non-hydrogen) atoms. The normalized spacial score (nSPS) is 17.1. The van der Waals surface area contributed by atoms with Crippen LogP contribution < -0.4 is 10.1 Å². The van der Waals surface area contributed by atoms with Crippen molar-refractivity contribution in [2.24, 2.45) is 0 Å². The number of fused-ring (bicyclic) bond motifs is 4. The van der Waals surface area contributed by atoms with E-state index in [4.69, 9.17) is 4.74 Å². The summed E-state index contributed by atoms with van der Waals surface area (Å²) >= 11 is 0. The molecule has 1 unspecified atom stereocenters. The highest BCUT2D eigenvalue weighted by Gasteiger charge is 2.19. The second-order valence-corrected chi connectivity index (χ2v) is 6.10. The van der Waals surface area contributed by atoms with Gasteiger partial charge in [0.05, 0.1) is 12.6 Å². The Morgan fingerprint density at radius 2 is 1.78 bits per heavy atom. The molecule has 0 saturated heterocycles. The third kappa shape index (κ3) is 5.39. The van der Waals surface area contributed by atoms with Crippen LogP contribution in [0, 0.1) is 5.82 Å². The van der Waals surface area contributed by atoms with Crippen LogP contribution in [-0.4, -0.2) is 24.8 Å². The van der Waals surface area contributed by atoms with E-state index in [1.165, 1.54) is 6.07 Å². The van der Waals surface area contributed by atoms with E-state index in [9.17, 15) is 14.0 Å². The number of aldehydes is 1. The fourth-order valence-electron chi connectivity index (χ4n) is 2.97. The lowest BCUT2D eigenvalue weighted by Crippen LogP contribution is -2.36. The Bertz CT molecular complexity index is 776. The third-order valence-electron chi connectivity index (χ3n) is 4.31. The van der Waals surface area contributed by atoms with Crippen molar-refractivity contribution in [2.75, 3.05) is 6.61 Å².